The van der Waals surface area contributed by atoms with Crippen molar-refractivity contribution in [2.45, 2.75) is 171 Å². The third-order valence-electron chi connectivity index (χ3n) is 12.1. The van der Waals surface area contributed by atoms with Crippen LogP contribution in [0.15, 0.2) is 24.3 Å². The highest BCUT2D eigenvalue weighted by Gasteiger charge is 2.35. The Morgan fingerprint density at radius 2 is 0.882 bits per heavy atom. The van der Waals surface area contributed by atoms with Crippen LogP contribution in [0.25, 0.3) is 0 Å². The van der Waals surface area contributed by atoms with Gasteiger partial charge in [0, 0.05) is 13.0 Å². The van der Waals surface area contributed by atoms with Crippen molar-refractivity contribution in [3.05, 3.63) is 29.8 Å². The molecule has 1 fully saturated rings. The zero-order chi connectivity index (χ0) is 56.6. The predicted octanol–water partition coefficient (Wildman–Crippen LogP) is -3.94. The fourth-order valence-corrected chi connectivity index (χ4v) is 7.90. The van der Waals surface area contributed by atoms with Gasteiger partial charge in [-0.15, -0.1) is 0 Å². The molecule has 1 heterocycles. The summed E-state index contributed by atoms with van der Waals surface area (Å²) in [4.78, 5) is 158. The molecule has 1 aliphatic rings. The van der Waals surface area contributed by atoms with Crippen LogP contribution in [0.1, 0.15) is 128 Å². The maximum Gasteiger partial charge on any atom is 0.245 e. The number of hydrogen-bond acceptors (Lipinski definition) is 15. The minimum atomic E-state index is -1.95. The molecule has 0 aromatic heterocycles. The summed E-state index contributed by atoms with van der Waals surface area (Å²) < 4.78 is 0. The van der Waals surface area contributed by atoms with E-state index in [0.717, 1.165) is 38.5 Å². The normalized spacial score (nSPS) is 21.9. The molecule has 424 valence electrons. The number of primary amides is 3. The van der Waals surface area contributed by atoms with Gasteiger partial charge in [-0.3, -0.25) is 57.5 Å². The highest BCUT2D eigenvalue weighted by molar-refractivity contribution is 6.00. The highest BCUT2D eigenvalue weighted by atomic mass is 16.3. The molecular weight excluding hydrogens is 997 g/mol. The molecule has 0 radical (unpaired) electrons. The number of nitrogens with one attached hydrogen (secondary N) is 9. The Morgan fingerprint density at radius 1 is 0.500 bits per heavy atom. The third kappa shape index (κ3) is 26.2. The number of hydrogen-bond donors (Lipinski definition) is 15. The SMILES string of the molecule is CCCCCCCCCCCCCCCCNC(=O)[C@H]1CC(=O)N[C@H](CO)C(=O)N[C@H](Cc2ccc(O)cc2)C(=O)N[C@H](CC(N)=O)C(=O)NCC(=O)N[C@@H](CC(N)=O)C(=O)N[C@@H](CO)C(=O)N[C@@H](CC(N)=O)C(=O)N1. The lowest BCUT2D eigenvalue weighted by Gasteiger charge is -2.26. The molecule has 1 aliphatic heterocycles. The van der Waals surface area contributed by atoms with Crippen LogP contribution in [0.2, 0.25) is 0 Å². The molecule has 18 N–H and O–H groups in total. The lowest BCUT2D eigenvalue weighted by molar-refractivity contribution is -0.137. The van der Waals surface area contributed by atoms with Crippen LogP contribution in [0, 0.1) is 0 Å². The standard InChI is InChI=1S/C49H78N12O15/c1-2-3-4-5-6-7-8-9-10-11-12-13-14-15-20-53-43(70)35-25-41(68)56-36(27-62)48(75)57-31(21-29-16-18-30(64)19-17-29)45(72)58-32(22-38(50)65)44(71)54-26-42(69)55-33(23-39(51)66)46(73)61-37(28-63)49(76)59-34(24-40(52)67)47(74)60-35/h16-19,31-37,62-64H,2-15,20-28H2,1H3,(H2,50,65)(H2,51,66)(H2,52,67)(H,53,70)(H,54,71)(H,55,69)(H,56,68)(H,57,75)(H,58,72)(H,59,76)(H,60,74)(H,61,73)/t31-,32-,33+,34+,35-,36-,37+/m1/s1. The fraction of sp³-hybridized carbons (Fsp3) is 0.633. The van der Waals surface area contributed by atoms with Gasteiger partial charge in [0.1, 0.15) is 48.0 Å². The van der Waals surface area contributed by atoms with Gasteiger partial charge < -0.3 is 80.4 Å². The van der Waals surface area contributed by atoms with E-state index < -0.39 is 159 Å². The van der Waals surface area contributed by atoms with Gasteiger partial charge in [-0.25, -0.2) is 0 Å². The largest absolute Gasteiger partial charge is 0.508 e. The first-order valence-corrected chi connectivity index (χ1v) is 25.7. The summed E-state index contributed by atoms with van der Waals surface area (Å²) in [6.07, 6.45) is 11.2. The molecule has 1 aromatic carbocycles. The topological polar surface area (TPSA) is 452 Å². The number of rotatable bonds is 26. The summed E-state index contributed by atoms with van der Waals surface area (Å²) >= 11 is 0. The van der Waals surface area contributed by atoms with Crippen molar-refractivity contribution in [3.63, 3.8) is 0 Å². The number of unbranched alkanes of at least 4 members (excludes halogenated alkanes) is 13. The predicted molar refractivity (Wildman–Crippen MR) is 272 cm³/mol. The Kier molecular flexibility index (Phi) is 30.4. The van der Waals surface area contributed by atoms with E-state index in [9.17, 15) is 72.9 Å². The van der Waals surface area contributed by atoms with Crippen molar-refractivity contribution in [2.24, 2.45) is 17.2 Å². The molecule has 76 heavy (non-hydrogen) atoms. The monoisotopic (exact) mass is 1070 g/mol. The lowest BCUT2D eigenvalue weighted by Crippen LogP contribution is -2.60. The van der Waals surface area contributed by atoms with E-state index >= 15 is 0 Å². The quantitative estimate of drug-likeness (QED) is 0.0394. The first kappa shape index (κ1) is 64.7. The molecule has 0 saturated carbocycles. The van der Waals surface area contributed by atoms with Crippen molar-refractivity contribution in [1.82, 2.24) is 47.9 Å². The first-order chi connectivity index (χ1) is 36.2. The van der Waals surface area contributed by atoms with Crippen molar-refractivity contribution < 1.29 is 72.9 Å². The van der Waals surface area contributed by atoms with E-state index in [-0.39, 0.29) is 18.7 Å². The van der Waals surface area contributed by atoms with Gasteiger partial charge in [0.15, 0.2) is 0 Å². The summed E-state index contributed by atoms with van der Waals surface area (Å²) in [5.41, 5.74) is 16.4. The summed E-state index contributed by atoms with van der Waals surface area (Å²) in [5.74, 6) is -14.2. The Morgan fingerprint density at radius 3 is 1.37 bits per heavy atom. The van der Waals surface area contributed by atoms with Gasteiger partial charge in [-0.1, -0.05) is 103 Å². The molecule has 1 aromatic rings. The number of phenols is 1. The number of benzene rings is 1. The third-order valence-corrected chi connectivity index (χ3v) is 12.1. The van der Waals surface area contributed by atoms with E-state index in [4.69, 9.17) is 17.2 Å². The summed E-state index contributed by atoms with van der Waals surface area (Å²) in [5, 5.41) is 50.5. The van der Waals surface area contributed by atoms with Gasteiger partial charge in [0.2, 0.25) is 70.9 Å². The second-order valence-electron chi connectivity index (χ2n) is 18.6. The fourth-order valence-electron chi connectivity index (χ4n) is 7.90. The van der Waals surface area contributed by atoms with E-state index in [1.54, 1.807) is 0 Å². The summed E-state index contributed by atoms with van der Waals surface area (Å²) in [7, 11) is 0. The average Bonchev–Trinajstić information content (AvgIpc) is 3.36. The Hall–Kier alpha value is -7.42. The van der Waals surface area contributed by atoms with Gasteiger partial charge in [-0.05, 0) is 24.1 Å². The van der Waals surface area contributed by atoms with Gasteiger partial charge >= 0.3 is 0 Å². The van der Waals surface area contributed by atoms with Crippen LogP contribution < -0.4 is 65.1 Å². The van der Waals surface area contributed by atoms with Crippen molar-refractivity contribution in [1.29, 1.82) is 0 Å². The first-order valence-electron chi connectivity index (χ1n) is 25.7. The van der Waals surface area contributed by atoms with Crippen molar-refractivity contribution in [2.75, 3.05) is 26.3 Å². The minimum Gasteiger partial charge on any atom is -0.508 e. The average molecular weight is 1080 g/mol. The maximum atomic E-state index is 13.9. The van der Waals surface area contributed by atoms with Crippen LogP contribution >= 0.6 is 0 Å². The highest BCUT2D eigenvalue weighted by Crippen LogP contribution is 2.14. The molecule has 1 saturated heterocycles. The molecular formula is C49H78N12O15. The maximum absolute atomic E-state index is 13.9. The second kappa shape index (κ2) is 35.7. The molecule has 7 atom stereocenters. The van der Waals surface area contributed by atoms with Crippen LogP contribution in [0.5, 0.6) is 5.75 Å². The number of phenolic OH excluding ortho intramolecular Hbond substituents is 1. The Labute approximate surface area is 440 Å². The van der Waals surface area contributed by atoms with Crippen LogP contribution in [0.3, 0.4) is 0 Å². The molecule has 0 bridgehead atoms. The smallest absolute Gasteiger partial charge is 0.245 e. The minimum absolute atomic E-state index is 0.0928. The van der Waals surface area contributed by atoms with Crippen molar-refractivity contribution >= 4 is 70.9 Å². The molecule has 27 nitrogen and oxygen atoms in total. The van der Waals surface area contributed by atoms with E-state index in [1.165, 1.54) is 69.2 Å². The number of nitrogens with two attached hydrogens (primary N) is 3. The number of aliphatic hydroxyl groups is 2. The molecule has 27 heteroatoms. The molecule has 0 aliphatic carbocycles. The summed E-state index contributed by atoms with van der Waals surface area (Å²) in [6.45, 7) is -0.975. The Balaban J connectivity index is 2.48. The van der Waals surface area contributed by atoms with Crippen LogP contribution in [0.4, 0.5) is 0 Å². The van der Waals surface area contributed by atoms with Gasteiger partial charge in [0.25, 0.3) is 0 Å². The van der Waals surface area contributed by atoms with Crippen LogP contribution in [-0.4, -0.2) is 155 Å². The number of aliphatic hydroxyl groups excluding tert-OH is 2. The molecule has 2 rings (SSSR count). The van der Waals surface area contributed by atoms with Gasteiger partial charge in [-0.2, -0.15) is 0 Å². The number of aromatic hydroxyl groups is 1. The van der Waals surface area contributed by atoms with Gasteiger partial charge in [0.05, 0.1) is 45.4 Å². The van der Waals surface area contributed by atoms with Crippen LogP contribution in [-0.2, 0) is 64.0 Å². The summed E-state index contributed by atoms with van der Waals surface area (Å²) in [6, 6.07) is -7.58. The molecule has 12 amide bonds. The molecule has 0 unspecified atom stereocenters. The number of carbonyl (C=O) groups excluding carboxylic acids is 12. The second-order valence-corrected chi connectivity index (χ2v) is 18.6. The number of carbonyl (C=O) groups is 12. The van der Waals surface area contributed by atoms with E-state index in [1.807, 2.05) is 0 Å². The van der Waals surface area contributed by atoms with Crippen molar-refractivity contribution in [3.8, 4) is 5.75 Å². The zero-order valence-corrected chi connectivity index (χ0v) is 43.1. The lowest BCUT2D eigenvalue weighted by atomic mass is 10.0. The Bertz CT molecular complexity index is 2130. The molecule has 0 spiro atoms. The van der Waals surface area contributed by atoms with E-state index in [0.29, 0.717) is 12.0 Å². The zero-order valence-electron chi connectivity index (χ0n) is 43.1. The number of amides is 12. The van der Waals surface area contributed by atoms with E-state index in [2.05, 4.69) is 54.8 Å².